The number of pyridine rings is 1. The first-order chi connectivity index (χ1) is 9.95. The third-order valence-corrected chi connectivity index (χ3v) is 5.63. The molecule has 1 aromatic heterocycles. The molecule has 0 aromatic carbocycles. The summed E-state index contributed by atoms with van der Waals surface area (Å²) in [7, 11) is -3.43. The highest BCUT2D eigenvalue weighted by Crippen LogP contribution is 2.20. The van der Waals surface area contributed by atoms with Crippen LogP contribution in [0.2, 0.25) is 0 Å². The number of sulfonamides is 1. The van der Waals surface area contributed by atoms with E-state index in [0.29, 0.717) is 36.4 Å². The van der Waals surface area contributed by atoms with Crippen LogP contribution in [0.5, 0.6) is 0 Å². The lowest BCUT2D eigenvalue weighted by molar-refractivity contribution is 0.154. The lowest BCUT2D eigenvalue weighted by atomic mass is 10.3. The summed E-state index contributed by atoms with van der Waals surface area (Å²) in [5, 5.41) is 3.04. The van der Waals surface area contributed by atoms with E-state index in [1.807, 2.05) is 6.92 Å². The van der Waals surface area contributed by atoms with Crippen LogP contribution in [-0.4, -0.2) is 61.4 Å². The average Bonchev–Trinajstić information content (AvgIpc) is 2.48. The average molecular weight is 312 g/mol. The molecule has 7 heteroatoms. The van der Waals surface area contributed by atoms with E-state index in [1.165, 1.54) is 6.20 Å². The van der Waals surface area contributed by atoms with Crippen LogP contribution in [0.3, 0.4) is 0 Å². The molecule has 0 radical (unpaired) electrons. The zero-order valence-corrected chi connectivity index (χ0v) is 13.7. The molecule has 118 valence electrons. The normalized spacial score (nSPS) is 18.1. The lowest BCUT2D eigenvalue weighted by Crippen LogP contribution is -2.50. The van der Waals surface area contributed by atoms with Crippen molar-refractivity contribution in [1.29, 1.82) is 0 Å². The Morgan fingerprint density at radius 2 is 1.95 bits per heavy atom. The highest BCUT2D eigenvalue weighted by Gasteiger charge is 2.29. The summed E-state index contributed by atoms with van der Waals surface area (Å²) in [6, 6.07) is 3.62. The third kappa shape index (κ3) is 3.72. The zero-order chi connectivity index (χ0) is 15.5. The molecular formula is C14H24N4O2S. The lowest BCUT2D eigenvalue weighted by Gasteiger charge is -2.36. The Balaban J connectivity index is 2.13. The molecule has 1 N–H and O–H groups in total. The summed E-state index contributed by atoms with van der Waals surface area (Å²) in [4.78, 5) is 6.73. The second kappa shape index (κ2) is 6.72. The fourth-order valence-electron chi connectivity index (χ4n) is 2.46. The summed E-state index contributed by atoms with van der Waals surface area (Å²) < 4.78 is 26.9. The smallest absolute Gasteiger partial charge is 0.243 e. The summed E-state index contributed by atoms with van der Waals surface area (Å²) in [6.07, 6.45) is 1.54. The van der Waals surface area contributed by atoms with Gasteiger partial charge in [-0.2, -0.15) is 4.31 Å². The molecule has 1 fully saturated rings. The highest BCUT2D eigenvalue weighted by molar-refractivity contribution is 7.89. The standard InChI is InChI=1S/C14H24N4O2S/c1-4-15-14-11-13(5-6-16-14)21(19,20)18-9-7-17(8-10-18)12(2)3/h5-6,11-12H,4,7-10H2,1-3H3,(H,15,16). The van der Waals surface area contributed by atoms with Crippen LogP contribution in [0, 0.1) is 0 Å². The minimum absolute atomic E-state index is 0.312. The number of piperazine rings is 1. The van der Waals surface area contributed by atoms with E-state index in [-0.39, 0.29) is 0 Å². The Kier molecular flexibility index (Phi) is 5.18. The number of rotatable bonds is 5. The molecule has 0 spiro atoms. The molecule has 0 atom stereocenters. The van der Waals surface area contributed by atoms with Crippen molar-refractivity contribution in [1.82, 2.24) is 14.2 Å². The Morgan fingerprint density at radius 3 is 2.52 bits per heavy atom. The van der Waals surface area contributed by atoms with Crippen molar-refractivity contribution in [3.63, 3.8) is 0 Å². The van der Waals surface area contributed by atoms with Gasteiger partial charge in [-0.3, -0.25) is 4.90 Å². The van der Waals surface area contributed by atoms with Crippen LogP contribution >= 0.6 is 0 Å². The van der Waals surface area contributed by atoms with Crippen LogP contribution in [0.1, 0.15) is 20.8 Å². The molecule has 0 amide bonds. The van der Waals surface area contributed by atoms with Crippen molar-refractivity contribution in [2.45, 2.75) is 31.7 Å². The molecule has 0 saturated carbocycles. The van der Waals surface area contributed by atoms with Gasteiger partial charge in [0.1, 0.15) is 5.82 Å². The van der Waals surface area contributed by atoms with Gasteiger partial charge in [-0.1, -0.05) is 0 Å². The molecule has 1 aliphatic heterocycles. The van der Waals surface area contributed by atoms with E-state index in [9.17, 15) is 8.42 Å². The third-order valence-electron chi connectivity index (χ3n) is 3.73. The molecule has 0 bridgehead atoms. The molecule has 2 heterocycles. The van der Waals surface area contributed by atoms with Gasteiger partial charge in [0, 0.05) is 51.0 Å². The highest BCUT2D eigenvalue weighted by atomic mass is 32.2. The maximum Gasteiger partial charge on any atom is 0.243 e. The molecule has 1 aromatic rings. The maximum absolute atomic E-state index is 12.7. The van der Waals surface area contributed by atoms with Crippen molar-refractivity contribution in [3.8, 4) is 0 Å². The predicted octanol–water partition coefficient (Wildman–Crippen LogP) is 1.23. The van der Waals surface area contributed by atoms with Crippen LogP contribution in [-0.2, 0) is 10.0 Å². The van der Waals surface area contributed by atoms with Crippen molar-refractivity contribution < 1.29 is 8.42 Å². The van der Waals surface area contributed by atoms with Crippen LogP contribution in [0.25, 0.3) is 0 Å². The van der Waals surface area contributed by atoms with Gasteiger partial charge >= 0.3 is 0 Å². The van der Waals surface area contributed by atoms with Crippen molar-refractivity contribution >= 4 is 15.8 Å². The molecule has 1 aliphatic rings. The van der Waals surface area contributed by atoms with Gasteiger partial charge in [0.05, 0.1) is 4.90 Å². The van der Waals surface area contributed by atoms with Gasteiger partial charge in [-0.15, -0.1) is 0 Å². The molecule has 6 nitrogen and oxygen atoms in total. The minimum Gasteiger partial charge on any atom is -0.370 e. The first-order valence-corrected chi connectivity index (χ1v) is 8.83. The number of nitrogens with zero attached hydrogens (tertiary/aromatic N) is 3. The van der Waals surface area contributed by atoms with E-state index in [2.05, 4.69) is 29.0 Å². The van der Waals surface area contributed by atoms with Crippen LogP contribution < -0.4 is 5.32 Å². The molecule has 2 rings (SSSR count). The SMILES string of the molecule is CCNc1cc(S(=O)(=O)N2CCN(C(C)C)CC2)ccn1. The number of nitrogens with one attached hydrogen (secondary N) is 1. The van der Waals surface area contributed by atoms with Gasteiger partial charge in [-0.05, 0) is 26.8 Å². The monoisotopic (exact) mass is 312 g/mol. The van der Waals surface area contributed by atoms with Crippen LogP contribution in [0.4, 0.5) is 5.82 Å². The van der Waals surface area contributed by atoms with E-state index in [4.69, 9.17) is 0 Å². The molecule has 1 saturated heterocycles. The Morgan fingerprint density at radius 1 is 1.29 bits per heavy atom. The summed E-state index contributed by atoms with van der Waals surface area (Å²) in [5.41, 5.74) is 0. The maximum atomic E-state index is 12.7. The van der Waals surface area contributed by atoms with E-state index in [0.717, 1.165) is 13.1 Å². The van der Waals surface area contributed by atoms with E-state index in [1.54, 1.807) is 16.4 Å². The van der Waals surface area contributed by atoms with Crippen LogP contribution in [0.15, 0.2) is 23.2 Å². The summed E-state index contributed by atoms with van der Waals surface area (Å²) in [6.45, 7) is 9.58. The molecular weight excluding hydrogens is 288 g/mol. The van der Waals surface area contributed by atoms with Crippen molar-refractivity contribution in [3.05, 3.63) is 18.3 Å². The topological polar surface area (TPSA) is 65.5 Å². The second-order valence-electron chi connectivity index (χ2n) is 5.44. The minimum atomic E-state index is -3.43. The predicted molar refractivity (Wildman–Crippen MR) is 83.9 cm³/mol. The fraction of sp³-hybridized carbons (Fsp3) is 0.643. The Bertz CT molecular complexity index is 566. The second-order valence-corrected chi connectivity index (χ2v) is 7.38. The molecule has 0 unspecified atom stereocenters. The molecule has 0 aliphatic carbocycles. The fourth-order valence-corrected chi connectivity index (χ4v) is 3.89. The first kappa shape index (κ1) is 16.2. The van der Waals surface area contributed by atoms with Crippen molar-refractivity contribution in [2.24, 2.45) is 0 Å². The first-order valence-electron chi connectivity index (χ1n) is 7.39. The van der Waals surface area contributed by atoms with Gasteiger partial charge in [0.15, 0.2) is 0 Å². The number of hydrogen-bond acceptors (Lipinski definition) is 5. The van der Waals surface area contributed by atoms with Gasteiger partial charge in [-0.25, -0.2) is 13.4 Å². The summed E-state index contributed by atoms with van der Waals surface area (Å²) in [5.74, 6) is 0.597. The number of aromatic nitrogens is 1. The van der Waals surface area contributed by atoms with E-state index >= 15 is 0 Å². The van der Waals surface area contributed by atoms with Crippen molar-refractivity contribution in [2.75, 3.05) is 38.0 Å². The largest absolute Gasteiger partial charge is 0.370 e. The van der Waals surface area contributed by atoms with E-state index < -0.39 is 10.0 Å². The zero-order valence-electron chi connectivity index (χ0n) is 12.9. The van der Waals surface area contributed by atoms with Gasteiger partial charge in [0.25, 0.3) is 0 Å². The Hall–Kier alpha value is -1.18. The Labute approximate surface area is 127 Å². The van der Waals surface area contributed by atoms with Gasteiger partial charge in [0.2, 0.25) is 10.0 Å². The van der Waals surface area contributed by atoms with Gasteiger partial charge < -0.3 is 5.32 Å². The summed E-state index contributed by atoms with van der Waals surface area (Å²) >= 11 is 0. The number of anilines is 1. The molecule has 21 heavy (non-hydrogen) atoms. The number of hydrogen-bond donors (Lipinski definition) is 1. The quantitative estimate of drug-likeness (QED) is 0.886.